The zero-order chi connectivity index (χ0) is 12.6. The number of hydrogen-bond donors (Lipinski definition) is 0. The van der Waals surface area contributed by atoms with E-state index in [1.807, 2.05) is 0 Å². The van der Waals surface area contributed by atoms with Crippen LogP contribution >= 0.6 is 11.3 Å². The molecule has 0 saturated carbocycles. The Morgan fingerprint density at radius 1 is 1.47 bits per heavy atom. The Morgan fingerprint density at radius 2 is 2.18 bits per heavy atom. The number of aldehydes is 1. The first kappa shape index (κ1) is 12.6. The molecule has 0 radical (unpaired) electrons. The second kappa shape index (κ2) is 4.41. The van der Waals surface area contributed by atoms with Crippen molar-refractivity contribution in [3.05, 3.63) is 10.6 Å². The Hall–Kier alpha value is -0.900. The van der Waals surface area contributed by atoms with Crippen molar-refractivity contribution in [3.8, 4) is 0 Å². The smallest absolute Gasteiger partial charge is 0.186 e. The van der Waals surface area contributed by atoms with Crippen LogP contribution in [0.1, 0.15) is 55.4 Å². The van der Waals surface area contributed by atoms with Gasteiger partial charge in [-0.3, -0.25) is 4.79 Å². The van der Waals surface area contributed by atoms with Crippen molar-refractivity contribution in [3.63, 3.8) is 0 Å². The standard InChI is InChI=1S/C13H20N2OS/c1-9(2)11-10(7-16)17-12(14-11)15-6-5-13(3,4)8-15/h7,9H,5-6,8H2,1-4H3. The van der Waals surface area contributed by atoms with E-state index in [2.05, 4.69) is 37.6 Å². The molecule has 17 heavy (non-hydrogen) atoms. The third kappa shape index (κ3) is 2.51. The number of carbonyl (C=O) groups is 1. The summed E-state index contributed by atoms with van der Waals surface area (Å²) in [5.74, 6) is 0.316. The van der Waals surface area contributed by atoms with Gasteiger partial charge in [0.25, 0.3) is 0 Å². The van der Waals surface area contributed by atoms with Gasteiger partial charge in [0.15, 0.2) is 11.4 Å². The van der Waals surface area contributed by atoms with Gasteiger partial charge in [0.1, 0.15) is 0 Å². The van der Waals surface area contributed by atoms with E-state index in [1.54, 1.807) is 0 Å². The van der Waals surface area contributed by atoms with Crippen LogP contribution in [0.2, 0.25) is 0 Å². The highest BCUT2D eigenvalue weighted by Gasteiger charge is 2.31. The van der Waals surface area contributed by atoms with Gasteiger partial charge in [-0.2, -0.15) is 0 Å². The molecule has 2 rings (SSSR count). The Morgan fingerprint density at radius 3 is 2.59 bits per heavy atom. The van der Waals surface area contributed by atoms with E-state index in [-0.39, 0.29) is 0 Å². The van der Waals surface area contributed by atoms with E-state index in [4.69, 9.17) is 0 Å². The molecule has 1 saturated heterocycles. The molecule has 0 aliphatic carbocycles. The molecule has 0 bridgehead atoms. The minimum Gasteiger partial charge on any atom is -0.348 e. The van der Waals surface area contributed by atoms with Crippen LogP contribution < -0.4 is 4.90 Å². The van der Waals surface area contributed by atoms with Gasteiger partial charge in [0.05, 0.1) is 10.6 Å². The Kier molecular flexibility index (Phi) is 3.25. The highest BCUT2D eigenvalue weighted by Crippen LogP contribution is 2.36. The van der Waals surface area contributed by atoms with Gasteiger partial charge >= 0.3 is 0 Å². The first-order chi connectivity index (χ1) is 7.93. The maximum atomic E-state index is 11.0. The first-order valence-electron chi connectivity index (χ1n) is 6.14. The summed E-state index contributed by atoms with van der Waals surface area (Å²) in [7, 11) is 0. The lowest BCUT2D eigenvalue weighted by molar-refractivity contribution is 0.112. The zero-order valence-electron chi connectivity index (χ0n) is 11.0. The van der Waals surface area contributed by atoms with Crippen molar-refractivity contribution < 1.29 is 4.79 Å². The largest absolute Gasteiger partial charge is 0.348 e. The fraction of sp³-hybridized carbons (Fsp3) is 0.692. The van der Waals surface area contributed by atoms with E-state index in [1.165, 1.54) is 17.8 Å². The first-order valence-corrected chi connectivity index (χ1v) is 6.95. The maximum Gasteiger partial charge on any atom is 0.186 e. The predicted molar refractivity (Wildman–Crippen MR) is 72.2 cm³/mol. The molecule has 2 heterocycles. The summed E-state index contributed by atoms with van der Waals surface area (Å²) in [5, 5.41) is 1.02. The molecule has 94 valence electrons. The maximum absolute atomic E-state index is 11.0. The third-order valence-corrected chi connectivity index (χ3v) is 4.33. The Bertz CT molecular complexity index is 423. The Balaban J connectivity index is 2.26. The molecular formula is C13H20N2OS. The van der Waals surface area contributed by atoms with Crippen molar-refractivity contribution in [2.24, 2.45) is 5.41 Å². The molecule has 4 heteroatoms. The van der Waals surface area contributed by atoms with Crippen LogP contribution in [0, 0.1) is 5.41 Å². The summed E-state index contributed by atoms with van der Waals surface area (Å²) in [6, 6.07) is 0. The van der Waals surface area contributed by atoms with Crippen LogP contribution in [0.25, 0.3) is 0 Å². The lowest BCUT2D eigenvalue weighted by Gasteiger charge is -2.18. The summed E-state index contributed by atoms with van der Waals surface area (Å²) in [6.07, 6.45) is 2.14. The molecule has 0 spiro atoms. The van der Waals surface area contributed by atoms with E-state index in [0.717, 1.165) is 35.1 Å². The number of hydrogen-bond acceptors (Lipinski definition) is 4. The predicted octanol–water partition coefficient (Wildman–Crippen LogP) is 3.32. The van der Waals surface area contributed by atoms with Crippen LogP contribution in [0.3, 0.4) is 0 Å². The van der Waals surface area contributed by atoms with Crippen molar-refractivity contribution in [2.75, 3.05) is 18.0 Å². The number of aromatic nitrogens is 1. The lowest BCUT2D eigenvalue weighted by atomic mass is 9.93. The van der Waals surface area contributed by atoms with Gasteiger partial charge in [-0.25, -0.2) is 4.98 Å². The van der Waals surface area contributed by atoms with E-state index in [9.17, 15) is 4.79 Å². The molecule has 0 N–H and O–H groups in total. The molecule has 3 nitrogen and oxygen atoms in total. The molecule has 1 aromatic heterocycles. The van der Waals surface area contributed by atoms with Crippen LogP contribution in [0.15, 0.2) is 0 Å². The van der Waals surface area contributed by atoms with Gasteiger partial charge in [-0.15, -0.1) is 0 Å². The molecule has 0 atom stereocenters. The normalized spacial score (nSPS) is 19.0. The van der Waals surface area contributed by atoms with Gasteiger partial charge in [-0.05, 0) is 17.8 Å². The van der Waals surface area contributed by atoms with Gasteiger partial charge in [-0.1, -0.05) is 39.0 Å². The van der Waals surface area contributed by atoms with Crippen LogP contribution in [0.4, 0.5) is 5.13 Å². The second-order valence-corrected chi connectivity index (χ2v) is 6.86. The highest BCUT2D eigenvalue weighted by molar-refractivity contribution is 7.17. The van der Waals surface area contributed by atoms with E-state index >= 15 is 0 Å². The van der Waals surface area contributed by atoms with Gasteiger partial charge in [0.2, 0.25) is 0 Å². The fourth-order valence-corrected chi connectivity index (χ4v) is 3.30. The van der Waals surface area contributed by atoms with E-state index in [0.29, 0.717) is 11.3 Å². The number of carbonyl (C=O) groups excluding carboxylic acids is 1. The number of rotatable bonds is 3. The summed E-state index contributed by atoms with van der Waals surface area (Å²) in [4.78, 5) is 18.8. The average Bonchev–Trinajstić information content (AvgIpc) is 2.80. The van der Waals surface area contributed by atoms with Crippen LogP contribution in [-0.2, 0) is 0 Å². The number of anilines is 1. The third-order valence-electron chi connectivity index (χ3n) is 3.27. The van der Waals surface area contributed by atoms with Crippen molar-refractivity contribution in [1.82, 2.24) is 4.98 Å². The van der Waals surface area contributed by atoms with Crippen LogP contribution in [-0.4, -0.2) is 24.4 Å². The minimum absolute atomic E-state index is 0.316. The lowest BCUT2D eigenvalue weighted by Crippen LogP contribution is -2.22. The summed E-state index contributed by atoms with van der Waals surface area (Å²) in [6.45, 7) is 10.8. The molecular weight excluding hydrogens is 232 g/mol. The molecule has 1 aromatic rings. The highest BCUT2D eigenvalue weighted by atomic mass is 32.1. The molecule has 0 amide bonds. The molecule has 1 fully saturated rings. The van der Waals surface area contributed by atoms with Crippen molar-refractivity contribution in [2.45, 2.75) is 40.0 Å². The summed E-state index contributed by atoms with van der Waals surface area (Å²) in [5.41, 5.74) is 1.31. The average molecular weight is 252 g/mol. The van der Waals surface area contributed by atoms with E-state index < -0.39 is 0 Å². The topological polar surface area (TPSA) is 33.2 Å². The Labute approximate surface area is 107 Å². The zero-order valence-corrected chi connectivity index (χ0v) is 11.8. The molecule has 1 aliphatic heterocycles. The summed E-state index contributed by atoms with van der Waals surface area (Å²) >= 11 is 1.53. The SMILES string of the molecule is CC(C)c1nc(N2CCC(C)(C)C2)sc1C=O. The fourth-order valence-electron chi connectivity index (χ4n) is 2.24. The minimum atomic E-state index is 0.316. The second-order valence-electron chi connectivity index (χ2n) is 5.85. The molecule has 0 unspecified atom stereocenters. The van der Waals surface area contributed by atoms with Crippen molar-refractivity contribution in [1.29, 1.82) is 0 Å². The number of nitrogens with zero attached hydrogens (tertiary/aromatic N) is 2. The van der Waals surface area contributed by atoms with Gasteiger partial charge < -0.3 is 4.90 Å². The molecule has 0 aromatic carbocycles. The monoisotopic (exact) mass is 252 g/mol. The quantitative estimate of drug-likeness (QED) is 0.774. The molecule has 1 aliphatic rings. The number of thiazole rings is 1. The van der Waals surface area contributed by atoms with Crippen LogP contribution in [0.5, 0.6) is 0 Å². The van der Waals surface area contributed by atoms with Crippen molar-refractivity contribution >= 4 is 22.8 Å². The van der Waals surface area contributed by atoms with Gasteiger partial charge in [0, 0.05) is 13.1 Å². The summed E-state index contributed by atoms with van der Waals surface area (Å²) < 4.78 is 0.